The van der Waals surface area contributed by atoms with Crippen molar-refractivity contribution in [2.75, 3.05) is 6.16 Å². The van der Waals surface area contributed by atoms with Gasteiger partial charge in [0.1, 0.15) is 0 Å². The molecule has 3 aromatic rings. The minimum Gasteiger partial charge on any atom is -0.412 e. The van der Waals surface area contributed by atoms with Crippen LogP contribution in [-0.2, 0) is 4.79 Å². The van der Waals surface area contributed by atoms with E-state index in [0.29, 0.717) is 0 Å². The zero-order valence-electron chi connectivity index (χ0n) is 13.7. The average molecular weight is 374 g/mol. The Bertz CT molecular complexity index is 742. The zero-order chi connectivity index (χ0) is 17.1. The first-order valence-corrected chi connectivity index (χ1v) is 11.1. The maximum atomic E-state index is 12.1. The monoisotopic (exact) mass is 373 g/mol. The van der Waals surface area contributed by atoms with Gasteiger partial charge < -0.3 is 5.48 Å². The predicted molar refractivity (Wildman–Crippen MR) is 109 cm³/mol. The molecular formula is C20H21ClNO2P. The maximum absolute atomic E-state index is 12.1. The summed E-state index contributed by atoms with van der Waals surface area (Å²) in [5, 5.41) is 2.84. The van der Waals surface area contributed by atoms with E-state index in [0.717, 1.165) is 15.9 Å². The van der Waals surface area contributed by atoms with Crippen molar-refractivity contribution in [3.8, 4) is 0 Å². The summed E-state index contributed by atoms with van der Waals surface area (Å²) in [7, 11) is 0. The molecule has 3 rings (SSSR count). The Morgan fingerprint density at radius 1 is 0.720 bits per heavy atom. The van der Waals surface area contributed by atoms with Crippen LogP contribution in [0.2, 0.25) is 0 Å². The molecule has 0 heterocycles. The number of nitrogens with two attached hydrogens (primary N) is 1. The molecule has 25 heavy (non-hydrogen) atoms. The van der Waals surface area contributed by atoms with E-state index in [4.69, 9.17) is 17.0 Å². The van der Waals surface area contributed by atoms with E-state index in [1.165, 1.54) is 0 Å². The Morgan fingerprint density at radius 2 is 1.00 bits per heavy atom. The van der Waals surface area contributed by atoms with Gasteiger partial charge in [0.25, 0.3) is 0 Å². The molecule has 1 amide bonds. The molecule has 0 aromatic heterocycles. The van der Waals surface area contributed by atoms with Crippen molar-refractivity contribution >= 4 is 39.0 Å². The molecule has 4 N–H and O–H groups in total. The van der Waals surface area contributed by atoms with Crippen LogP contribution < -0.4 is 21.6 Å². The summed E-state index contributed by atoms with van der Waals surface area (Å²) in [6.07, 6.45) is 0.0885. The number of carbonyl (C=O) groups is 1. The molecule has 3 aromatic carbocycles. The van der Waals surface area contributed by atoms with E-state index < -0.39 is 11.9 Å². The van der Waals surface area contributed by atoms with Crippen LogP contribution in [0.4, 0.5) is 0 Å². The van der Waals surface area contributed by atoms with Gasteiger partial charge in [-0.2, -0.15) is 0 Å². The van der Waals surface area contributed by atoms with Gasteiger partial charge in [0.05, 0.1) is 0 Å². The zero-order valence-corrected chi connectivity index (χ0v) is 15.3. The molecule has 0 aliphatic carbocycles. The molecule has 0 fully saturated rings. The van der Waals surface area contributed by atoms with Crippen molar-refractivity contribution in [3.63, 3.8) is 0 Å². The summed E-state index contributed by atoms with van der Waals surface area (Å²) in [5.41, 5.74) is 5.69. The Labute approximate surface area is 152 Å². The molecule has 3 nitrogen and oxygen atoms in total. The van der Waals surface area contributed by atoms with E-state index in [1.807, 2.05) is 91.0 Å². The number of primary amides is 1. The topological polar surface area (TPSA) is 74.6 Å². The molecular weight excluding hydrogens is 353 g/mol. The number of benzene rings is 3. The molecule has 5 heteroatoms. The Hall–Kier alpha value is -2.19. The number of amides is 1. The van der Waals surface area contributed by atoms with Crippen molar-refractivity contribution in [3.05, 3.63) is 91.0 Å². The third-order valence-corrected chi connectivity index (χ3v) is 11.5. The number of hydrogen-bond acceptors (Lipinski definition) is 1. The van der Waals surface area contributed by atoms with Crippen LogP contribution in [0.1, 0.15) is 0 Å². The standard InChI is InChI=1S/C20H19ClNOP.H2O/c21-24(16-20(22)23,17-10-4-1-5-11-17,18-12-6-2-7-13-18)19-14-8-3-9-15-19;/h1-15H,16H2,(H2,22,23);1H2. The fraction of sp³-hybridized carbons (Fsp3) is 0.0500. The van der Waals surface area contributed by atoms with Crippen molar-refractivity contribution in [2.24, 2.45) is 5.73 Å². The Kier molecular flexibility index (Phi) is 5.64. The van der Waals surface area contributed by atoms with Gasteiger partial charge in [-0.15, -0.1) is 0 Å². The van der Waals surface area contributed by atoms with E-state index in [9.17, 15) is 4.79 Å². The summed E-state index contributed by atoms with van der Waals surface area (Å²) in [6.45, 7) is 0. The summed E-state index contributed by atoms with van der Waals surface area (Å²) >= 11 is 7.60. The van der Waals surface area contributed by atoms with Gasteiger partial charge >= 0.3 is 147 Å². The number of carbonyl (C=O) groups excluding carboxylic acids is 1. The van der Waals surface area contributed by atoms with E-state index in [1.54, 1.807) is 0 Å². The molecule has 0 spiro atoms. The van der Waals surface area contributed by atoms with Crippen molar-refractivity contribution in [2.45, 2.75) is 0 Å². The molecule has 0 radical (unpaired) electrons. The van der Waals surface area contributed by atoms with Gasteiger partial charge in [0, 0.05) is 0 Å². The first kappa shape index (κ1) is 19.1. The van der Waals surface area contributed by atoms with Crippen LogP contribution in [0, 0.1) is 0 Å². The van der Waals surface area contributed by atoms with Crippen LogP contribution in [0.3, 0.4) is 0 Å². The second-order valence-electron chi connectivity index (χ2n) is 5.81. The largest absolute Gasteiger partial charge is 0.412 e. The third-order valence-electron chi connectivity index (χ3n) is 4.34. The van der Waals surface area contributed by atoms with Crippen molar-refractivity contribution in [1.82, 2.24) is 0 Å². The predicted octanol–water partition coefficient (Wildman–Crippen LogP) is 2.33. The number of halogens is 1. The van der Waals surface area contributed by atoms with Gasteiger partial charge in [-0.25, -0.2) is 0 Å². The van der Waals surface area contributed by atoms with Crippen LogP contribution in [0.25, 0.3) is 0 Å². The normalized spacial score (nSPS) is 12.4. The molecule has 130 valence electrons. The smallest absolute Gasteiger partial charge is 0.412 e. The van der Waals surface area contributed by atoms with Gasteiger partial charge in [0.2, 0.25) is 0 Å². The summed E-state index contributed by atoms with van der Waals surface area (Å²) < 4.78 is 0. The van der Waals surface area contributed by atoms with E-state index in [-0.39, 0.29) is 11.6 Å². The summed E-state index contributed by atoms with van der Waals surface area (Å²) in [5.74, 6) is -3.90. The number of rotatable bonds is 5. The first-order valence-electron chi connectivity index (χ1n) is 7.73. The van der Waals surface area contributed by atoms with Crippen LogP contribution in [0.15, 0.2) is 91.0 Å². The summed E-state index contributed by atoms with van der Waals surface area (Å²) in [6, 6.07) is 29.5. The van der Waals surface area contributed by atoms with E-state index in [2.05, 4.69) is 0 Å². The molecule has 0 saturated carbocycles. The molecule has 0 aliphatic rings. The molecule has 0 unspecified atom stereocenters. The Balaban J connectivity index is 0.00000225. The van der Waals surface area contributed by atoms with Gasteiger partial charge in [-0.05, 0) is 0 Å². The van der Waals surface area contributed by atoms with Crippen LogP contribution >= 0.6 is 17.2 Å². The third kappa shape index (κ3) is 3.19. The van der Waals surface area contributed by atoms with Crippen LogP contribution in [0.5, 0.6) is 0 Å². The second kappa shape index (κ2) is 7.37. The van der Waals surface area contributed by atoms with Crippen LogP contribution in [-0.4, -0.2) is 17.5 Å². The Morgan fingerprint density at radius 3 is 1.24 bits per heavy atom. The molecule has 0 aliphatic heterocycles. The van der Waals surface area contributed by atoms with E-state index >= 15 is 0 Å². The van der Waals surface area contributed by atoms with Crippen molar-refractivity contribution in [1.29, 1.82) is 0 Å². The average Bonchev–Trinajstić information content (AvgIpc) is 2.63. The molecule has 0 bridgehead atoms. The SMILES string of the molecule is NC(=O)CP(Cl)(c1ccccc1)(c1ccccc1)c1ccccc1.O. The van der Waals surface area contributed by atoms with Gasteiger partial charge in [0.15, 0.2) is 0 Å². The minimum atomic E-state index is -3.50. The van der Waals surface area contributed by atoms with Gasteiger partial charge in [-0.1, -0.05) is 0 Å². The second-order valence-corrected chi connectivity index (χ2v) is 12.3. The first-order chi connectivity index (χ1) is 11.6. The maximum Gasteiger partial charge on any atom is -0.412 e. The minimum absolute atomic E-state index is 0. The fourth-order valence-corrected chi connectivity index (χ4v) is 9.01. The quantitative estimate of drug-likeness (QED) is 0.685. The number of hydrogen-bond donors (Lipinski definition) is 1. The summed E-state index contributed by atoms with van der Waals surface area (Å²) in [4.78, 5) is 12.1. The van der Waals surface area contributed by atoms with Crippen molar-refractivity contribution < 1.29 is 10.3 Å². The molecule has 0 saturated heterocycles. The fourth-order valence-electron chi connectivity index (χ4n) is 3.23. The molecule has 0 atom stereocenters. The van der Waals surface area contributed by atoms with Gasteiger partial charge in [-0.3, -0.25) is 0 Å².